The van der Waals surface area contributed by atoms with Crippen molar-refractivity contribution in [2.24, 2.45) is 23.2 Å². The number of alkyl halides is 1. The summed E-state index contributed by atoms with van der Waals surface area (Å²) in [5, 5.41) is 12.9. The van der Waals surface area contributed by atoms with E-state index < -0.39 is 31.4 Å². The zero-order chi connectivity index (χ0) is 43.4. The number of ether oxygens (including phenoxy) is 2. The SMILES string of the molecule is CN1CCC(COc2ccc(S(=O)(=O)NC(=O)c3ccc(N4CCN(CC5=C([C@@H]6CC7(Cl)CC6C7)CC(C)(C)CC5)CC4)cc3Oc3cnc4[nH]ccc4c3)cc2[N+](=O)[O-])CC1. The first-order valence-electron chi connectivity index (χ1n) is 21.9. The van der Waals surface area contributed by atoms with Crippen LogP contribution in [0, 0.1) is 33.3 Å². The summed E-state index contributed by atoms with van der Waals surface area (Å²) in [7, 11) is -2.52. The number of sulfonamides is 1. The summed E-state index contributed by atoms with van der Waals surface area (Å²) < 4.78 is 41.7. The molecule has 2 bridgehead atoms. The van der Waals surface area contributed by atoms with E-state index in [1.54, 1.807) is 41.6 Å². The first kappa shape index (κ1) is 42.6. The van der Waals surface area contributed by atoms with Gasteiger partial charge in [0.1, 0.15) is 17.1 Å². The second-order valence-corrected chi connectivity index (χ2v) is 21.6. The van der Waals surface area contributed by atoms with Crippen molar-refractivity contribution in [3.63, 3.8) is 0 Å². The molecular formula is C46H56ClN7O7S. The molecule has 3 saturated carbocycles. The van der Waals surface area contributed by atoms with E-state index in [4.69, 9.17) is 21.1 Å². The second kappa shape index (κ2) is 16.8. The van der Waals surface area contributed by atoms with E-state index in [-0.39, 0.29) is 34.5 Å². The number of carbonyl (C=O) groups is 1. The molecule has 1 atom stereocenters. The van der Waals surface area contributed by atoms with E-state index in [0.29, 0.717) is 22.7 Å². The molecule has 2 saturated heterocycles. The first-order chi connectivity index (χ1) is 29.6. The van der Waals surface area contributed by atoms with Crippen LogP contribution in [0.2, 0.25) is 0 Å². The van der Waals surface area contributed by atoms with Gasteiger partial charge in [-0.15, -0.1) is 11.6 Å². The number of allylic oxidation sites excluding steroid dienone is 1. The average Bonchev–Trinajstić information content (AvgIpc) is 3.94. The Morgan fingerprint density at radius 1 is 1.02 bits per heavy atom. The standard InChI is InChI=1S/C46H56ClN7O7S/c1-45(2)12-8-32(38(25-45)39-26-46(47)23-33(39)24-46)28-52-16-18-53(19-17-52)34-4-6-37(42(21-34)61-35-20-31-9-13-48-43(31)49-27-35)44(55)50-62(58,59)36-5-7-41(40(22-36)54(56)57)60-29-30-10-14-51(3)15-11-30/h4-7,9,13,20-22,27,30,33,39H,8,10-12,14-19,23-26,28-29H2,1-3H3,(H,48,49)(H,50,55)/t33?,39-,46?/m1/s1. The fourth-order valence-electron chi connectivity index (χ4n) is 10.4. The molecule has 14 nitrogen and oxygen atoms in total. The molecule has 10 rings (SSSR count). The highest BCUT2D eigenvalue weighted by Gasteiger charge is 2.56. The highest BCUT2D eigenvalue weighted by molar-refractivity contribution is 7.90. The summed E-state index contributed by atoms with van der Waals surface area (Å²) in [6, 6.07) is 12.2. The van der Waals surface area contributed by atoms with Crippen LogP contribution in [0.25, 0.3) is 11.0 Å². The van der Waals surface area contributed by atoms with Gasteiger partial charge in [0, 0.05) is 67.0 Å². The average molecular weight is 887 g/mol. The number of anilines is 1. The van der Waals surface area contributed by atoms with Gasteiger partial charge in [0.2, 0.25) is 0 Å². The molecule has 4 aromatic rings. The molecule has 0 radical (unpaired) electrons. The number of nitro groups is 1. The van der Waals surface area contributed by atoms with Gasteiger partial charge < -0.3 is 24.3 Å². The third-order valence-corrected chi connectivity index (χ3v) is 15.8. The van der Waals surface area contributed by atoms with Gasteiger partial charge in [0.15, 0.2) is 5.75 Å². The topological polar surface area (TPSA) is 163 Å². The highest BCUT2D eigenvalue weighted by atomic mass is 35.5. The number of likely N-dealkylation sites (tertiary alicyclic amines) is 1. The lowest BCUT2D eigenvalue weighted by Crippen LogP contribution is -2.47. The summed E-state index contributed by atoms with van der Waals surface area (Å²) in [5.41, 5.74) is 4.59. The number of piperidine rings is 1. The summed E-state index contributed by atoms with van der Waals surface area (Å²) in [5.74, 6) is 1.13. The molecule has 2 N–H and O–H groups in total. The highest BCUT2D eigenvalue weighted by Crippen LogP contribution is 2.63. The van der Waals surface area contributed by atoms with Crippen LogP contribution >= 0.6 is 11.6 Å². The van der Waals surface area contributed by atoms with Crippen LogP contribution in [0.5, 0.6) is 17.2 Å². The molecule has 4 heterocycles. The van der Waals surface area contributed by atoms with Crippen molar-refractivity contribution in [2.75, 3.05) is 64.4 Å². The Morgan fingerprint density at radius 2 is 1.79 bits per heavy atom. The van der Waals surface area contributed by atoms with Gasteiger partial charge in [-0.2, -0.15) is 0 Å². The number of pyridine rings is 1. The number of piperazine rings is 1. The molecule has 330 valence electrons. The summed E-state index contributed by atoms with van der Waals surface area (Å²) in [6.07, 6.45) is 12.0. The largest absolute Gasteiger partial charge is 0.487 e. The summed E-state index contributed by atoms with van der Waals surface area (Å²) in [4.78, 5) is 39.5. The number of nitro benzene ring substituents is 1. The van der Waals surface area contributed by atoms with Crippen LogP contribution < -0.4 is 19.1 Å². The molecule has 16 heteroatoms. The number of nitrogens with zero attached hydrogens (tertiary/aromatic N) is 5. The van der Waals surface area contributed by atoms with Crippen LogP contribution in [0.4, 0.5) is 11.4 Å². The van der Waals surface area contributed by atoms with Gasteiger partial charge in [-0.3, -0.25) is 19.8 Å². The van der Waals surface area contributed by atoms with E-state index in [0.717, 1.165) is 114 Å². The normalized spacial score (nSPS) is 24.5. The maximum absolute atomic E-state index is 13.9. The predicted molar refractivity (Wildman–Crippen MR) is 239 cm³/mol. The van der Waals surface area contributed by atoms with Crippen LogP contribution in [0.3, 0.4) is 0 Å². The Balaban J connectivity index is 0.916. The Morgan fingerprint density at radius 3 is 2.52 bits per heavy atom. The smallest absolute Gasteiger partial charge is 0.312 e. The van der Waals surface area contributed by atoms with Crippen molar-refractivity contribution >= 4 is 49.9 Å². The third kappa shape index (κ3) is 9.04. The lowest BCUT2D eigenvalue weighted by atomic mass is 9.69. The van der Waals surface area contributed by atoms with Gasteiger partial charge in [-0.25, -0.2) is 18.1 Å². The molecule has 2 aliphatic heterocycles. The number of benzene rings is 2. The Kier molecular flexibility index (Phi) is 11.5. The van der Waals surface area contributed by atoms with Crippen molar-refractivity contribution in [1.29, 1.82) is 0 Å². The van der Waals surface area contributed by atoms with Crippen LogP contribution in [0.1, 0.15) is 75.6 Å². The van der Waals surface area contributed by atoms with Crippen molar-refractivity contribution in [1.82, 2.24) is 24.5 Å². The number of aromatic amines is 1. The molecule has 62 heavy (non-hydrogen) atoms. The van der Waals surface area contributed by atoms with E-state index in [9.17, 15) is 23.3 Å². The van der Waals surface area contributed by atoms with Gasteiger partial charge >= 0.3 is 5.69 Å². The second-order valence-electron chi connectivity index (χ2n) is 19.1. The van der Waals surface area contributed by atoms with Gasteiger partial charge in [0.25, 0.3) is 15.9 Å². The minimum absolute atomic E-state index is 0.0238. The number of carbonyl (C=O) groups excluding carboxylic acids is 1. The van der Waals surface area contributed by atoms with E-state index in [1.165, 1.54) is 24.8 Å². The molecule has 0 spiro atoms. The van der Waals surface area contributed by atoms with Crippen LogP contribution in [-0.2, 0) is 10.0 Å². The maximum Gasteiger partial charge on any atom is 0.312 e. The number of halogens is 1. The minimum Gasteiger partial charge on any atom is -0.487 e. The molecule has 0 unspecified atom stereocenters. The molecule has 5 fully saturated rings. The first-order valence-corrected chi connectivity index (χ1v) is 23.8. The molecule has 1 amide bonds. The Bertz CT molecular complexity index is 2500. The van der Waals surface area contributed by atoms with Crippen LogP contribution in [-0.4, -0.2) is 103 Å². The van der Waals surface area contributed by atoms with Crippen molar-refractivity contribution in [3.8, 4) is 17.2 Å². The lowest BCUT2D eigenvalue weighted by molar-refractivity contribution is -0.386. The van der Waals surface area contributed by atoms with Gasteiger partial charge in [-0.1, -0.05) is 25.0 Å². The third-order valence-electron chi connectivity index (χ3n) is 14.0. The Hall–Kier alpha value is -4.70. The van der Waals surface area contributed by atoms with Crippen LogP contribution in [0.15, 0.2) is 77.0 Å². The quantitative estimate of drug-likeness (QED) is 0.0577. The minimum atomic E-state index is -4.57. The van der Waals surface area contributed by atoms with E-state index >= 15 is 0 Å². The molecule has 6 aliphatic rings. The van der Waals surface area contributed by atoms with Crippen molar-refractivity contribution in [2.45, 2.75) is 75.0 Å². The Labute approximate surface area is 368 Å². The number of hydrogen-bond donors (Lipinski definition) is 2. The summed E-state index contributed by atoms with van der Waals surface area (Å²) in [6.45, 7) is 11.1. The number of H-pyrrole nitrogens is 1. The zero-order valence-corrected chi connectivity index (χ0v) is 37.3. The summed E-state index contributed by atoms with van der Waals surface area (Å²) >= 11 is 6.91. The number of fused-ring (bicyclic) bond motifs is 2. The molecule has 4 aliphatic carbocycles. The lowest BCUT2D eigenvalue weighted by Gasteiger charge is -2.41. The van der Waals surface area contributed by atoms with E-state index in [2.05, 4.69) is 43.2 Å². The predicted octanol–water partition coefficient (Wildman–Crippen LogP) is 8.14. The number of nitrogens with one attached hydrogen (secondary N) is 2. The molecule has 2 aromatic heterocycles. The molecule has 2 aromatic carbocycles. The van der Waals surface area contributed by atoms with Crippen molar-refractivity contribution in [3.05, 3.63) is 87.7 Å². The number of rotatable bonds is 13. The van der Waals surface area contributed by atoms with E-state index in [1.807, 2.05) is 13.1 Å². The van der Waals surface area contributed by atoms with Gasteiger partial charge in [0.05, 0.1) is 28.2 Å². The maximum atomic E-state index is 13.9. The fraction of sp³-hybridized carbons (Fsp3) is 0.522. The number of amides is 1. The monoisotopic (exact) mass is 885 g/mol. The zero-order valence-electron chi connectivity index (χ0n) is 35.7. The number of aromatic nitrogens is 2. The van der Waals surface area contributed by atoms with Gasteiger partial charge in [-0.05, 0) is 131 Å². The number of hydrogen-bond acceptors (Lipinski definition) is 11. The van der Waals surface area contributed by atoms with Crippen molar-refractivity contribution < 1.29 is 27.6 Å². The molecular weight excluding hydrogens is 830 g/mol. The fourth-order valence-corrected chi connectivity index (χ4v) is 11.9.